The zero-order valence-electron chi connectivity index (χ0n) is 25.1. The number of ketones is 3. The number of allylic oxidation sites excluding steroid dienone is 1. The number of aromatic hydroxyl groups is 1. The van der Waals surface area contributed by atoms with Crippen molar-refractivity contribution in [2.75, 3.05) is 51.7 Å². The van der Waals surface area contributed by atoms with Crippen molar-refractivity contribution >= 4 is 28.9 Å². The quantitative estimate of drug-likeness (QED) is 0.231. The molecular formula is C33H36N4O8. The number of hydrogen-bond acceptors (Lipinski definition) is 11. The molecule has 2 aromatic rings. The first-order chi connectivity index (χ1) is 21.4. The van der Waals surface area contributed by atoms with Gasteiger partial charge in [-0.3, -0.25) is 29.0 Å². The lowest BCUT2D eigenvalue weighted by Gasteiger charge is -2.50. The number of primary amides is 1. The van der Waals surface area contributed by atoms with Gasteiger partial charge in [-0.1, -0.05) is 18.2 Å². The van der Waals surface area contributed by atoms with Gasteiger partial charge in [-0.05, 0) is 62.7 Å². The minimum absolute atomic E-state index is 0.0451. The lowest BCUT2D eigenvalue weighted by Crippen LogP contribution is -2.63. The Balaban J connectivity index is 1.32. The molecule has 0 aromatic heterocycles. The molecule has 12 nitrogen and oxygen atoms in total. The van der Waals surface area contributed by atoms with Crippen LogP contribution in [-0.2, 0) is 16.0 Å². The van der Waals surface area contributed by atoms with Gasteiger partial charge in [0.1, 0.15) is 22.8 Å². The number of aliphatic hydroxyl groups is 3. The average molecular weight is 617 g/mol. The normalized spacial score (nSPS) is 26.9. The van der Waals surface area contributed by atoms with Crippen LogP contribution in [0.1, 0.15) is 32.7 Å². The third-order valence-electron chi connectivity index (χ3n) is 9.77. The van der Waals surface area contributed by atoms with Gasteiger partial charge in [0.25, 0.3) is 5.91 Å². The maximum absolute atomic E-state index is 13.9. The highest BCUT2D eigenvalue weighted by Gasteiger charge is 2.63. The lowest BCUT2D eigenvalue weighted by atomic mass is 9.58. The Morgan fingerprint density at radius 3 is 2.29 bits per heavy atom. The average Bonchev–Trinajstić information content (AvgIpc) is 2.99. The number of amides is 1. The van der Waals surface area contributed by atoms with E-state index in [4.69, 9.17) is 5.73 Å². The van der Waals surface area contributed by atoms with Crippen molar-refractivity contribution in [3.05, 3.63) is 81.8 Å². The summed E-state index contributed by atoms with van der Waals surface area (Å²) in [6.07, 6.45) is 0.0162. The summed E-state index contributed by atoms with van der Waals surface area (Å²) in [6.45, 7) is 2.92. The predicted molar refractivity (Wildman–Crippen MR) is 163 cm³/mol. The molecule has 3 aliphatic carbocycles. The number of carbonyl (C=O) groups excluding carboxylic acids is 4. The number of piperazine rings is 1. The maximum atomic E-state index is 13.9. The molecule has 1 aliphatic heterocycles. The number of carbonyl (C=O) groups is 4. The second kappa shape index (κ2) is 11.1. The predicted octanol–water partition coefficient (Wildman–Crippen LogP) is 1.13. The van der Waals surface area contributed by atoms with Crippen LogP contribution in [0.4, 0.5) is 5.69 Å². The Labute approximate surface area is 259 Å². The van der Waals surface area contributed by atoms with Gasteiger partial charge in [-0.2, -0.15) is 0 Å². The fourth-order valence-electron chi connectivity index (χ4n) is 7.60. The zero-order valence-corrected chi connectivity index (χ0v) is 25.1. The summed E-state index contributed by atoms with van der Waals surface area (Å²) in [5.41, 5.74) is 3.12. The molecule has 1 fully saturated rings. The fourth-order valence-corrected chi connectivity index (χ4v) is 7.60. The molecule has 1 amide bonds. The third kappa shape index (κ3) is 4.71. The van der Waals surface area contributed by atoms with E-state index in [1.54, 1.807) is 14.1 Å². The third-order valence-corrected chi connectivity index (χ3v) is 9.77. The van der Waals surface area contributed by atoms with Gasteiger partial charge in [0.2, 0.25) is 5.78 Å². The van der Waals surface area contributed by atoms with E-state index >= 15 is 0 Å². The molecule has 4 aliphatic rings. The summed E-state index contributed by atoms with van der Waals surface area (Å²) in [5.74, 6) is -7.46. The highest BCUT2D eigenvalue weighted by Crippen LogP contribution is 2.52. The summed E-state index contributed by atoms with van der Waals surface area (Å²) in [4.78, 5) is 59.1. The van der Waals surface area contributed by atoms with Crippen LogP contribution >= 0.6 is 0 Å². The van der Waals surface area contributed by atoms with Crippen LogP contribution < -0.4 is 10.6 Å². The molecule has 236 valence electrons. The smallest absolute Gasteiger partial charge is 0.255 e. The van der Waals surface area contributed by atoms with E-state index in [9.17, 15) is 39.6 Å². The molecule has 45 heavy (non-hydrogen) atoms. The Kier molecular flexibility index (Phi) is 7.54. The number of anilines is 1. The van der Waals surface area contributed by atoms with Crippen molar-refractivity contribution in [1.82, 2.24) is 9.80 Å². The van der Waals surface area contributed by atoms with Crippen molar-refractivity contribution in [3.8, 4) is 5.75 Å². The van der Waals surface area contributed by atoms with E-state index in [1.807, 2.05) is 35.2 Å². The number of likely N-dealkylation sites (N-methyl/N-ethyl adjacent to an activating group) is 1. The summed E-state index contributed by atoms with van der Waals surface area (Å²) in [7, 11) is 3.14. The van der Waals surface area contributed by atoms with Gasteiger partial charge in [0.15, 0.2) is 17.2 Å². The van der Waals surface area contributed by atoms with Crippen LogP contribution in [0.3, 0.4) is 0 Å². The van der Waals surface area contributed by atoms with E-state index < -0.39 is 63.8 Å². The van der Waals surface area contributed by atoms with Gasteiger partial charge >= 0.3 is 0 Å². The van der Waals surface area contributed by atoms with Crippen LogP contribution in [0.15, 0.2) is 65.1 Å². The minimum Gasteiger partial charge on any atom is -0.510 e. The minimum atomic E-state index is -2.71. The lowest BCUT2D eigenvalue weighted by molar-refractivity contribution is -0.148. The Morgan fingerprint density at radius 2 is 1.67 bits per heavy atom. The van der Waals surface area contributed by atoms with Crippen molar-refractivity contribution < 1.29 is 39.6 Å². The van der Waals surface area contributed by atoms with Crippen LogP contribution in [0.2, 0.25) is 0 Å². The maximum Gasteiger partial charge on any atom is 0.255 e. The number of benzene rings is 2. The SMILES string of the molecule is CN(C)[C@@H]1C(O)=C(C(N)=O)C(=O)[C@@]2(O)C(O)=C3C(=O)c4c(O)ccc(C(=O)CN5CCN(c6ccccc6)CC5)c4C[C@H]3C[C@@H]12. The molecule has 2 aromatic carbocycles. The van der Waals surface area contributed by atoms with Gasteiger partial charge in [0.05, 0.1) is 18.2 Å². The second-order valence-corrected chi connectivity index (χ2v) is 12.5. The van der Waals surface area contributed by atoms with Gasteiger partial charge in [-0.25, -0.2) is 0 Å². The van der Waals surface area contributed by atoms with E-state index in [2.05, 4.69) is 4.90 Å². The molecule has 0 saturated carbocycles. The number of rotatable bonds is 6. The number of fused-ring (bicyclic) bond motifs is 3. The standard InChI is InChI=1S/C33H36N4O8/c1-35(2)27-21-15-17-14-20-19(23(39)16-36-10-12-37(13-11-36)18-6-4-3-5-7-18)8-9-22(38)25(20)28(40)24(17)30(42)33(21,45)31(43)26(29(27)41)32(34)44/h3-9,17,21,27,38,41-42,45H,10-16H2,1-2H3,(H2,34,44)/t17-,21-,27-,33-/m0/s1. The zero-order chi connectivity index (χ0) is 32.4. The summed E-state index contributed by atoms with van der Waals surface area (Å²) >= 11 is 0. The number of nitrogens with two attached hydrogens (primary N) is 1. The molecule has 0 unspecified atom stereocenters. The first-order valence-electron chi connectivity index (χ1n) is 14.9. The van der Waals surface area contributed by atoms with Gasteiger partial charge in [-0.15, -0.1) is 0 Å². The van der Waals surface area contributed by atoms with E-state index in [0.717, 1.165) is 18.8 Å². The summed E-state index contributed by atoms with van der Waals surface area (Å²) < 4.78 is 0. The highest BCUT2D eigenvalue weighted by molar-refractivity contribution is 6.25. The first kappa shape index (κ1) is 30.5. The van der Waals surface area contributed by atoms with Crippen molar-refractivity contribution in [3.63, 3.8) is 0 Å². The molecule has 0 radical (unpaired) electrons. The monoisotopic (exact) mass is 616 g/mol. The van der Waals surface area contributed by atoms with Gasteiger partial charge in [0, 0.05) is 48.9 Å². The fraction of sp³-hybridized carbons (Fsp3) is 0.394. The Hall–Kier alpha value is -4.52. The molecular weight excluding hydrogens is 580 g/mol. The molecule has 0 bridgehead atoms. The first-order valence-corrected chi connectivity index (χ1v) is 14.9. The highest BCUT2D eigenvalue weighted by atomic mass is 16.3. The number of nitrogens with zero attached hydrogens (tertiary/aromatic N) is 3. The van der Waals surface area contributed by atoms with E-state index in [1.165, 1.54) is 17.0 Å². The van der Waals surface area contributed by atoms with Crippen molar-refractivity contribution in [1.29, 1.82) is 0 Å². The number of aliphatic hydroxyl groups excluding tert-OH is 2. The summed E-state index contributed by atoms with van der Waals surface area (Å²) in [5, 5.41) is 44.9. The molecule has 12 heteroatoms. The molecule has 1 heterocycles. The number of para-hydroxylation sites is 1. The van der Waals surface area contributed by atoms with Crippen molar-refractivity contribution in [2.24, 2.45) is 17.6 Å². The van der Waals surface area contributed by atoms with E-state index in [0.29, 0.717) is 18.7 Å². The number of phenols is 1. The van der Waals surface area contributed by atoms with Crippen LogP contribution in [0, 0.1) is 11.8 Å². The van der Waals surface area contributed by atoms with Crippen LogP contribution in [-0.4, -0.2) is 112 Å². The molecule has 6 rings (SSSR count). The number of phenolic OH excluding ortho intramolecular Hbond substituents is 1. The number of Topliss-reactive ketones (excluding diaryl/α,β-unsaturated/α-hetero) is 3. The molecule has 4 atom stereocenters. The second-order valence-electron chi connectivity index (χ2n) is 12.5. The Bertz CT molecular complexity index is 1670. The molecule has 0 spiro atoms. The molecule has 6 N–H and O–H groups in total. The van der Waals surface area contributed by atoms with Crippen LogP contribution in [0.25, 0.3) is 0 Å². The van der Waals surface area contributed by atoms with Crippen molar-refractivity contribution in [2.45, 2.75) is 24.5 Å². The van der Waals surface area contributed by atoms with Crippen LogP contribution in [0.5, 0.6) is 5.75 Å². The topological polar surface area (TPSA) is 185 Å². The summed E-state index contributed by atoms with van der Waals surface area (Å²) in [6, 6.07) is 11.7. The van der Waals surface area contributed by atoms with E-state index in [-0.39, 0.29) is 41.9 Å². The largest absolute Gasteiger partial charge is 0.510 e. The number of hydrogen-bond donors (Lipinski definition) is 5. The Morgan fingerprint density at radius 1 is 1.00 bits per heavy atom. The molecule has 1 saturated heterocycles. The van der Waals surface area contributed by atoms with Gasteiger partial charge < -0.3 is 31.1 Å².